The molecule has 2 rings (SSSR count). The number of carboxylic acid groups (broad SMARTS) is 1. The molecule has 19 heavy (non-hydrogen) atoms. The Morgan fingerprint density at radius 1 is 1.42 bits per heavy atom. The Labute approximate surface area is 111 Å². The second-order valence-electron chi connectivity index (χ2n) is 5.38. The lowest BCUT2D eigenvalue weighted by Crippen LogP contribution is -2.39. The van der Waals surface area contributed by atoms with Gasteiger partial charge in [0, 0.05) is 12.1 Å². The molecule has 0 amide bonds. The summed E-state index contributed by atoms with van der Waals surface area (Å²) in [6.45, 7) is 2.11. The van der Waals surface area contributed by atoms with Crippen LogP contribution in [0.4, 0.5) is 5.69 Å². The highest BCUT2D eigenvalue weighted by atomic mass is 16.6. The summed E-state index contributed by atoms with van der Waals surface area (Å²) in [6.07, 6.45) is 2.78. The van der Waals surface area contributed by atoms with E-state index < -0.39 is 16.3 Å². The Kier molecular flexibility index (Phi) is 3.55. The van der Waals surface area contributed by atoms with E-state index in [1.165, 1.54) is 12.1 Å². The predicted octanol–water partition coefficient (Wildman–Crippen LogP) is 3.13. The fraction of sp³-hybridized carbons (Fsp3) is 0.500. The molecule has 1 N–H and O–H groups in total. The van der Waals surface area contributed by atoms with Gasteiger partial charge in [-0.2, -0.15) is 0 Å². The molecule has 0 saturated heterocycles. The van der Waals surface area contributed by atoms with Gasteiger partial charge in [-0.3, -0.25) is 14.9 Å². The Morgan fingerprint density at radius 2 is 2.05 bits per heavy atom. The highest BCUT2D eigenvalue weighted by Crippen LogP contribution is 2.42. The molecule has 102 valence electrons. The molecular weight excluding hydrogens is 246 g/mol. The van der Waals surface area contributed by atoms with E-state index in [0.717, 1.165) is 12.8 Å². The summed E-state index contributed by atoms with van der Waals surface area (Å²) in [4.78, 5) is 22.0. The summed E-state index contributed by atoms with van der Waals surface area (Å²) in [7, 11) is 0. The van der Waals surface area contributed by atoms with Gasteiger partial charge in [-0.05, 0) is 37.2 Å². The molecule has 0 atom stereocenters. The van der Waals surface area contributed by atoms with Crippen molar-refractivity contribution in [1.82, 2.24) is 0 Å². The lowest BCUT2D eigenvalue weighted by Gasteiger charge is -2.36. The van der Waals surface area contributed by atoms with Crippen LogP contribution in [0, 0.1) is 16.0 Å². The summed E-state index contributed by atoms with van der Waals surface area (Å²) in [5.74, 6) is -0.355. The van der Waals surface area contributed by atoms with Gasteiger partial charge in [0.05, 0.1) is 10.3 Å². The van der Waals surface area contributed by atoms with Crippen LogP contribution in [0.5, 0.6) is 0 Å². The number of nitro benzene ring substituents is 1. The highest BCUT2D eigenvalue weighted by molar-refractivity contribution is 5.81. The van der Waals surface area contributed by atoms with Crippen molar-refractivity contribution in [3.05, 3.63) is 39.9 Å². The van der Waals surface area contributed by atoms with Crippen LogP contribution in [0.25, 0.3) is 0 Å². The largest absolute Gasteiger partial charge is 0.481 e. The number of carboxylic acids is 1. The van der Waals surface area contributed by atoms with Gasteiger partial charge >= 0.3 is 5.97 Å². The fourth-order valence-corrected chi connectivity index (χ4v) is 2.80. The molecular formula is C14H17NO4. The number of nitro groups is 1. The van der Waals surface area contributed by atoms with E-state index in [2.05, 4.69) is 6.92 Å². The van der Waals surface area contributed by atoms with Crippen molar-refractivity contribution >= 4 is 11.7 Å². The molecule has 0 unspecified atom stereocenters. The van der Waals surface area contributed by atoms with Crippen molar-refractivity contribution in [2.45, 2.75) is 38.0 Å². The maximum Gasteiger partial charge on any atom is 0.314 e. The van der Waals surface area contributed by atoms with E-state index in [1.807, 2.05) is 0 Å². The van der Waals surface area contributed by atoms with E-state index >= 15 is 0 Å². The third-order valence-electron chi connectivity index (χ3n) is 4.15. The van der Waals surface area contributed by atoms with E-state index in [0.29, 0.717) is 24.3 Å². The maximum absolute atomic E-state index is 11.7. The second kappa shape index (κ2) is 4.99. The van der Waals surface area contributed by atoms with E-state index in [4.69, 9.17) is 0 Å². The van der Waals surface area contributed by atoms with Gasteiger partial charge in [0.2, 0.25) is 0 Å². The van der Waals surface area contributed by atoms with Gasteiger partial charge in [-0.1, -0.05) is 19.1 Å². The summed E-state index contributed by atoms with van der Waals surface area (Å²) < 4.78 is 0. The molecule has 1 aliphatic carbocycles. The van der Waals surface area contributed by atoms with E-state index in [9.17, 15) is 20.0 Å². The molecule has 0 spiro atoms. The van der Waals surface area contributed by atoms with Gasteiger partial charge in [0.1, 0.15) is 0 Å². The van der Waals surface area contributed by atoms with Crippen LogP contribution in [-0.2, 0) is 10.2 Å². The van der Waals surface area contributed by atoms with Crippen LogP contribution >= 0.6 is 0 Å². The van der Waals surface area contributed by atoms with Gasteiger partial charge in [-0.25, -0.2) is 0 Å². The van der Waals surface area contributed by atoms with Crippen molar-refractivity contribution < 1.29 is 14.8 Å². The minimum Gasteiger partial charge on any atom is -0.481 e. The lowest BCUT2D eigenvalue weighted by atomic mass is 9.67. The molecule has 0 radical (unpaired) electrons. The van der Waals surface area contributed by atoms with Gasteiger partial charge in [0.25, 0.3) is 5.69 Å². The van der Waals surface area contributed by atoms with Gasteiger partial charge in [0.15, 0.2) is 0 Å². The molecule has 5 nitrogen and oxygen atoms in total. The molecule has 0 aliphatic heterocycles. The van der Waals surface area contributed by atoms with Crippen LogP contribution in [0.3, 0.4) is 0 Å². The zero-order valence-electron chi connectivity index (χ0n) is 10.8. The number of hydrogen-bond acceptors (Lipinski definition) is 3. The number of rotatable bonds is 3. The first-order valence-corrected chi connectivity index (χ1v) is 6.44. The van der Waals surface area contributed by atoms with Gasteiger partial charge in [-0.15, -0.1) is 0 Å². The number of nitrogens with zero attached hydrogens (tertiary/aromatic N) is 1. The predicted molar refractivity (Wildman–Crippen MR) is 70.0 cm³/mol. The van der Waals surface area contributed by atoms with Gasteiger partial charge < -0.3 is 5.11 Å². The van der Waals surface area contributed by atoms with Crippen molar-refractivity contribution in [3.8, 4) is 0 Å². The Bertz CT molecular complexity index is 504. The maximum atomic E-state index is 11.7. The SMILES string of the molecule is CC1CCC(C(=O)O)(c2cccc([N+](=O)[O-])c2)CC1. The first-order chi connectivity index (χ1) is 8.95. The van der Waals surface area contributed by atoms with Crippen LogP contribution in [-0.4, -0.2) is 16.0 Å². The number of non-ortho nitro benzene ring substituents is 1. The number of hydrogen-bond donors (Lipinski definition) is 1. The van der Waals surface area contributed by atoms with Crippen LogP contribution < -0.4 is 0 Å². The minimum absolute atomic E-state index is 0.0447. The highest BCUT2D eigenvalue weighted by Gasteiger charge is 2.43. The molecule has 1 aliphatic rings. The average Bonchev–Trinajstić information content (AvgIpc) is 2.39. The molecule has 1 fully saturated rings. The zero-order chi connectivity index (χ0) is 14.0. The Balaban J connectivity index is 2.42. The fourth-order valence-electron chi connectivity index (χ4n) is 2.80. The molecule has 0 aromatic heterocycles. The quantitative estimate of drug-likeness (QED) is 0.671. The minimum atomic E-state index is -0.960. The molecule has 1 aromatic carbocycles. The molecule has 0 heterocycles. The first kappa shape index (κ1) is 13.5. The van der Waals surface area contributed by atoms with Crippen molar-refractivity contribution in [2.24, 2.45) is 5.92 Å². The number of benzene rings is 1. The first-order valence-electron chi connectivity index (χ1n) is 6.44. The standard InChI is InChI=1S/C14H17NO4/c1-10-5-7-14(8-6-10,13(16)17)11-3-2-4-12(9-11)15(18)19/h2-4,9-10H,5-8H2,1H3,(H,16,17). The summed E-state index contributed by atoms with van der Waals surface area (Å²) in [5.41, 5.74) is -0.448. The average molecular weight is 263 g/mol. The van der Waals surface area contributed by atoms with E-state index in [1.54, 1.807) is 12.1 Å². The smallest absolute Gasteiger partial charge is 0.314 e. The Hall–Kier alpha value is -1.91. The number of aliphatic carboxylic acids is 1. The third kappa shape index (κ3) is 2.45. The monoisotopic (exact) mass is 263 g/mol. The third-order valence-corrected chi connectivity index (χ3v) is 4.15. The number of carbonyl (C=O) groups is 1. The zero-order valence-corrected chi connectivity index (χ0v) is 10.8. The lowest BCUT2D eigenvalue weighted by molar-refractivity contribution is -0.385. The van der Waals surface area contributed by atoms with Crippen molar-refractivity contribution in [2.75, 3.05) is 0 Å². The Morgan fingerprint density at radius 3 is 2.58 bits per heavy atom. The summed E-state index contributed by atoms with van der Waals surface area (Å²) >= 11 is 0. The normalized spacial score (nSPS) is 26.9. The second-order valence-corrected chi connectivity index (χ2v) is 5.38. The topological polar surface area (TPSA) is 80.4 Å². The van der Waals surface area contributed by atoms with Crippen molar-refractivity contribution in [1.29, 1.82) is 0 Å². The van der Waals surface area contributed by atoms with Crippen LogP contribution in [0.15, 0.2) is 24.3 Å². The summed E-state index contributed by atoms with van der Waals surface area (Å²) in [6, 6.07) is 6.06. The van der Waals surface area contributed by atoms with E-state index in [-0.39, 0.29) is 5.69 Å². The van der Waals surface area contributed by atoms with Crippen molar-refractivity contribution in [3.63, 3.8) is 0 Å². The van der Waals surface area contributed by atoms with Crippen LogP contribution in [0.2, 0.25) is 0 Å². The molecule has 0 bridgehead atoms. The molecule has 1 aromatic rings. The molecule has 1 saturated carbocycles. The molecule has 5 heteroatoms. The van der Waals surface area contributed by atoms with Crippen LogP contribution in [0.1, 0.15) is 38.2 Å². The summed E-state index contributed by atoms with van der Waals surface area (Å²) in [5, 5.41) is 20.4.